The van der Waals surface area contributed by atoms with Gasteiger partial charge in [0.2, 0.25) is 5.88 Å². The summed E-state index contributed by atoms with van der Waals surface area (Å²) in [6.07, 6.45) is 2.01. The normalized spacial score (nSPS) is 11.3. The zero-order valence-electron chi connectivity index (χ0n) is 15.9. The molecule has 0 radical (unpaired) electrons. The molecule has 0 atom stereocenters. The minimum atomic E-state index is -0.802. The fourth-order valence-corrected chi connectivity index (χ4v) is 2.96. The molecule has 0 aliphatic carbocycles. The highest BCUT2D eigenvalue weighted by Gasteiger charge is 2.17. The lowest BCUT2D eigenvalue weighted by molar-refractivity contribution is 0.0635. The Morgan fingerprint density at radius 3 is 2.71 bits per heavy atom. The van der Waals surface area contributed by atoms with Crippen molar-refractivity contribution in [1.82, 2.24) is 14.4 Å². The lowest BCUT2D eigenvalue weighted by atomic mass is 10.2. The van der Waals surface area contributed by atoms with Crippen molar-refractivity contribution >= 4 is 34.4 Å². The highest BCUT2D eigenvalue weighted by molar-refractivity contribution is 7.14. The van der Waals surface area contributed by atoms with Gasteiger partial charge in [0.25, 0.3) is 0 Å². The molecule has 28 heavy (non-hydrogen) atoms. The van der Waals surface area contributed by atoms with Crippen LogP contribution in [0.2, 0.25) is 0 Å². The second kappa shape index (κ2) is 7.85. The number of fused-ring (bicyclic) bond motifs is 1. The molecular formula is C18H20N4O5S. The zero-order valence-corrected chi connectivity index (χ0v) is 16.7. The molecule has 3 aromatic rings. The highest BCUT2D eigenvalue weighted by Crippen LogP contribution is 2.26. The molecule has 3 rings (SSSR count). The molecule has 0 aromatic carbocycles. The van der Waals surface area contributed by atoms with Gasteiger partial charge in [-0.2, -0.15) is 4.98 Å². The van der Waals surface area contributed by atoms with Crippen LogP contribution < -0.4 is 10.1 Å². The first-order chi connectivity index (χ1) is 13.2. The van der Waals surface area contributed by atoms with E-state index in [4.69, 9.17) is 14.2 Å². The molecule has 0 aliphatic heterocycles. The van der Waals surface area contributed by atoms with E-state index in [0.717, 1.165) is 5.56 Å². The van der Waals surface area contributed by atoms with Crippen molar-refractivity contribution in [2.75, 3.05) is 11.9 Å². The van der Waals surface area contributed by atoms with Gasteiger partial charge < -0.3 is 18.6 Å². The van der Waals surface area contributed by atoms with E-state index >= 15 is 0 Å². The lowest BCUT2D eigenvalue weighted by Crippen LogP contribution is -2.27. The highest BCUT2D eigenvalue weighted by atomic mass is 32.1. The lowest BCUT2D eigenvalue weighted by Gasteiger charge is -2.18. The number of carbonyl (C=O) groups is 2. The number of amides is 1. The topological polar surface area (TPSA) is 104 Å². The summed E-state index contributed by atoms with van der Waals surface area (Å²) in [6.45, 7) is 7.29. The van der Waals surface area contributed by atoms with Crippen molar-refractivity contribution < 1.29 is 23.8 Å². The monoisotopic (exact) mass is 404 g/mol. The smallest absolute Gasteiger partial charge is 0.444 e. The number of aromatic nitrogens is 3. The van der Waals surface area contributed by atoms with Crippen molar-refractivity contribution in [1.29, 1.82) is 0 Å². The number of thiazole rings is 1. The quantitative estimate of drug-likeness (QED) is 0.645. The number of imidazole rings is 1. The predicted molar refractivity (Wildman–Crippen MR) is 104 cm³/mol. The second-order valence-electron chi connectivity index (χ2n) is 6.71. The summed E-state index contributed by atoms with van der Waals surface area (Å²) in [5, 5.41) is 4.87. The first-order valence-electron chi connectivity index (χ1n) is 8.53. The van der Waals surface area contributed by atoms with E-state index in [9.17, 15) is 9.59 Å². The molecule has 1 N–H and O–H groups in total. The van der Waals surface area contributed by atoms with E-state index in [-0.39, 0.29) is 12.5 Å². The third-order valence-corrected chi connectivity index (χ3v) is 4.04. The van der Waals surface area contributed by atoms with Gasteiger partial charge in [-0.15, -0.1) is 11.3 Å². The molecular weight excluding hydrogens is 384 g/mol. The summed E-state index contributed by atoms with van der Waals surface area (Å²) in [4.78, 5) is 31.9. The molecule has 0 fully saturated rings. The van der Waals surface area contributed by atoms with Gasteiger partial charge in [0.05, 0.1) is 18.5 Å². The van der Waals surface area contributed by atoms with Crippen LogP contribution in [-0.4, -0.2) is 38.8 Å². The van der Waals surface area contributed by atoms with Crippen molar-refractivity contribution in [2.45, 2.75) is 33.3 Å². The van der Waals surface area contributed by atoms with Gasteiger partial charge in [0.15, 0.2) is 5.13 Å². The van der Waals surface area contributed by atoms with Gasteiger partial charge in [-0.05, 0) is 39.8 Å². The van der Waals surface area contributed by atoms with Gasteiger partial charge >= 0.3 is 12.2 Å². The van der Waals surface area contributed by atoms with Crippen molar-refractivity contribution in [3.05, 3.63) is 29.9 Å². The predicted octanol–water partition coefficient (Wildman–Crippen LogP) is 4.34. The fourth-order valence-electron chi connectivity index (χ4n) is 2.26. The van der Waals surface area contributed by atoms with E-state index < -0.39 is 17.8 Å². The van der Waals surface area contributed by atoms with Crippen LogP contribution in [0.3, 0.4) is 0 Å². The van der Waals surface area contributed by atoms with Crippen LogP contribution in [0.15, 0.2) is 29.9 Å². The van der Waals surface area contributed by atoms with E-state index in [1.54, 1.807) is 50.6 Å². The molecule has 0 spiro atoms. The van der Waals surface area contributed by atoms with Gasteiger partial charge in [-0.3, -0.25) is 5.32 Å². The number of anilines is 1. The number of hydrogen-bond donors (Lipinski definition) is 1. The van der Waals surface area contributed by atoms with Gasteiger partial charge in [0.1, 0.15) is 11.2 Å². The first kappa shape index (κ1) is 19.6. The number of carbonyl (C=O) groups excluding carboxylic acids is 2. The molecule has 0 saturated heterocycles. The Balaban J connectivity index is 1.74. The van der Waals surface area contributed by atoms with Crippen LogP contribution in [-0.2, 0) is 9.47 Å². The minimum absolute atomic E-state index is 0.140. The maximum Gasteiger partial charge on any atom is 0.515 e. The van der Waals surface area contributed by atoms with Crippen LogP contribution in [0.4, 0.5) is 14.7 Å². The molecule has 0 aliphatic rings. The Hall–Kier alpha value is -3.14. The third-order valence-electron chi connectivity index (χ3n) is 3.29. The van der Waals surface area contributed by atoms with E-state index in [0.29, 0.717) is 16.5 Å². The number of rotatable bonds is 4. The van der Waals surface area contributed by atoms with Crippen molar-refractivity contribution in [3.63, 3.8) is 0 Å². The van der Waals surface area contributed by atoms with Crippen molar-refractivity contribution in [2.24, 2.45) is 0 Å². The van der Waals surface area contributed by atoms with Crippen LogP contribution in [0.25, 0.3) is 16.9 Å². The Kier molecular flexibility index (Phi) is 5.50. The van der Waals surface area contributed by atoms with E-state index in [1.807, 2.05) is 11.4 Å². The standard InChI is InChI=1S/C18H20N4O5S/c1-5-25-17(24)26-14-9-22-8-11(6-7-13(22)20-14)12-10-28-15(19-12)21-16(23)27-18(2,3)4/h6-10H,5H2,1-4H3,(H,19,21,23). The number of nitrogens with one attached hydrogen (secondary N) is 1. The first-order valence-corrected chi connectivity index (χ1v) is 9.41. The molecule has 1 amide bonds. The third kappa shape index (κ3) is 4.97. The Morgan fingerprint density at radius 2 is 2.00 bits per heavy atom. The van der Waals surface area contributed by atoms with Crippen LogP contribution >= 0.6 is 11.3 Å². The molecule has 0 bridgehead atoms. The number of nitrogens with zero attached hydrogens (tertiary/aromatic N) is 3. The second-order valence-corrected chi connectivity index (χ2v) is 7.57. The average Bonchev–Trinajstić information content (AvgIpc) is 3.18. The summed E-state index contributed by atoms with van der Waals surface area (Å²) in [6, 6.07) is 3.61. The fraction of sp³-hybridized carbons (Fsp3) is 0.333. The number of hydrogen-bond acceptors (Lipinski definition) is 8. The summed E-state index contributed by atoms with van der Waals surface area (Å²) in [7, 11) is 0. The molecule has 0 unspecified atom stereocenters. The van der Waals surface area contributed by atoms with Crippen molar-refractivity contribution in [3.8, 4) is 17.1 Å². The molecule has 3 aromatic heterocycles. The maximum absolute atomic E-state index is 11.9. The zero-order chi connectivity index (χ0) is 20.3. The maximum atomic E-state index is 11.9. The molecule has 148 valence electrons. The van der Waals surface area contributed by atoms with E-state index in [2.05, 4.69) is 15.3 Å². The Labute approximate surface area is 165 Å². The van der Waals surface area contributed by atoms with Gasteiger partial charge in [-0.25, -0.2) is 14.6 Å². The van der Waals surface area contributed by atoms with Gasteiger partial charge in [-0.1, -0.05) is 0 Å². The minimum Gasteiger partial charge on any atom is -0.444 e. The summed E-state index contributed by atoms with van der Waals surface area (Å²) in [5.41, 5.74) is 1.51. The molecule has 0 saturated carbocycles. The van der Waals surface area contributed by atoms with E-state index in [1.165, 1.54) is 11.3 Å². The molecule has 10 heteroatoms. The summed E-state index contributed by atoms with van der Waals surface area (Å²) >= 11 is 1.29. The summed E-state index contributed by atoms with van der Waals surface area (Å²) < 4.78 is 16.7. The number of pyridine rings is 1. The summed E-state index contributed by atoms with van der Waals surface area (Å²) in [5.74, 6) is 0.140. The van der Waals surface area contributed by atoms with Crippen LogP contribution in [0.5, 0.6) is 5.88 Å². The SMILES string of the molecule is CCOC(=O)Oc1cn2cc(-c3csc(NC(=O)OC(C)(C)C)n3)ccc2n1. The van der Waals surface area contributed by atoms with Gasteiger partial charge in [0, 0.05) is 17.1 Å². The Morgan fingerprint density at radius 1 is 1.21 bits per heavy atom. The number of ether oxygens (including phenoxy) is 3. The average molecular weight is 404 g/mol. The molecule has 9 nitrogen and oxygen atoms in total. The molecule has 3 heterocycles. The largest absolute Gasteiger partial charge is 0.515 e. The van der Waals surface area contributed by atoms with Crippen LogP contribution in [0.1, 0.15) is 27.7 Å². The van der Waals surface area contributed by atoms with Crippen LogP contribution in [0, 0.1) is 0 Å². The Bertz CT molecular complexity index is 1000.